The van der Waals surface area contributed by atoms with E-state index in [0.29, 0.717) is 12.0 Å². The van der Waals surface area contributed by atoms with Crippen LogP contribution < -0.4 is 0 Å². The predicted molar refractivity (Wildman–Crippen MR) is 62.2 cm³/mol. The van der Waals surface area contributed by atoms with Gasteiger partial charge in [-0.3, -0.25) is 4.79 Å². The van der Waals surface area contributed by atoms with Gasteiger partial charge in [0.15, 0.2) is 5.78 Å². The molecule has 2 atom stereocenters. The molecule has 0 aromatic carbocycles. The van der Waals surface area contributed by atoms with Crippen molar-refractivity contribution in [1.82, 2.24) is 0 Å². The molecule has 0 spiro atoms. The third-order valence-electron chi connectivity index (χ3n) is 3.98. The molecule has 3 aliphatic rings. The molecule has 3 heteroatoms. The molecule has 0 bridgehead atoms. The van der Waals surface area contributed by atoms with E-state index in [1.807, 2.05) is 6.92 Å². The van der Waals surface area contributed by atoms with Crippen LogP contribution in [-0.4, -0.2) is 17.9 Å². The van der Waals surface area contributed by atoms with E-state index in [4.69, 9.17) is 4.74 Å². The van der Waals surface area contributed by atoms with Crippen molar-refractivity contribution in [3.63, 3.8) is 0 Å². The second-order valence-corrected chi connectivity index (χ2v) is 4.90. The van der Waals surface area contributed by atoms with E-state index in [2.05, 4.69) is 12.7 Å². The highest BCUT2D eigenvalue weighted by atomic mass is 16.6. The Labute approximate surface area is 99.8 Å². The second kappa shape index (κ2) is 3.42. The SMILES string of the molecule is C=C1C(=O)O[C@H]2C3=C(C)C(=O)CC3=CCC[C@H]12. The maximum Gasteiger partial charge on any atom is 0.334 e. The number of rotatable bonds is 0. The van der Waals surface area contributed by atoms with Crippen LogP contribution in [0.25, 0.3) is 0 Å². The lowest BCUT2D eigenvalue weighted by atomic mass is 9.88. The predicted octanol–water partition coefficient (Wildman–Crippen LogP) is 2.09. The smallest absolute Gasteiger partial charge is 0.334 e. The Kier molecular flexibility index (Phi) is 2.12. The summed E-state index contributed by atoms with van der Waals surface area (Å²) in [5.74, 6) is -0.103. The fourth-order valence-electron chi connectivity index (χ4n) is 3.00. The zero-order chi connectivity index (χ0) is 12.2. The van der Waals surface area contributed by atoms with Crippen molar-refractivity contribution < 1.29 is 14.3 Å². The number of ketones is 1. The van der Waals surface area contributed by atoms with Gasteiger partial charge in [-0.25, -0.2) is 4.79 Å². The normalized spacial score (nSPS) is 32.1. The van der Waals surface area contributed by atoms with Crippen molar-refractivity contribution in [3.05, 3.63) is 34.9 Å². The molecule has 0 radical (unpaired) electrons. The molecular weight excluding hydrogens is 216 g/mol. The summed E-state index contributed by atoms with van der Waals surface area (Å²) in [7, 11) is 0. The van der Waals surface area contributed by atoms with E-state index >= 15 is 0 Å². The average molecular weight is 230 g/mol. The summed E-state index contributed by atoms with van der Waals surface area (Å²) < 4.78 is 5.40. The third kappa shape index (κ3) is 1.35. The van der Waals surface area contributed by atoms with Crippen LogP contribution in [-0.2, 0) is 14.3 Å². The molecule has 0 saturated carbocycles. The Bertz CT molecular complexity index is 508. The van der Waals surface area contributed by atoms with Gasteiger partial charge in [0.25, 0.3) is 0 Å². The Balaban J connectivity index is 2.11. The van der Waals surface area contributed by atoms with Crippen LogP contribution in [0, 0.1) is 5.92 Å². The highest BCUT2D eigenvalue weighted by Crippen LogP contribution is 2.44. The lowest BCUT2D eigenvalue weighted by molar-refractivity contribution is -0.137. The molecule has 3 rings (SSSR count). The van der Waals surface area contributed by atoms with Gasteiger partial charge in [-0.2, -0.15) is 0 Å². The fourth-order valence-corrected chi connectivity index (χ4v) is 3.00. The maximum absolute atomic E-state index is 11.7. The largest absolute Gasteiger partial charge is 0.453 e. The van der Waals surface area contributed by atoms with Crippen molar-refractivity contribution in [1.29, 1.82) is 0 Å². The number of allylic oxidation sites excluding steroid dienone is 2. The van der Waals surface area contributed by atoms with Crippen LogP contribution in [0.1, 0.15) is 26.2 Å². The van der Waals surface area contributed by atoms with Crippen LogP contribution >= 0.6 is 0 Å². The number of carbonyl (C=O) groups is 2. The first-order valence-corrected chi connectivity index (χ1v) is 5.92. The Hall–Kier alpha value is -1.64. The van der Waals surface area contributed by atoms with Gasteiger partial charge in [0, 0.05) is 23.5 Å². The molecule has 3 nitrogen and oxygen atoms in total. The summed E-state index contributed by atoms with van der Waals surface area (Å²) in [6.45, 7) is 5.64. The van der Waals surface area contributed by atoms with E-state index in [-0.39, 0.29) is 23.8 Å². The highest BCUT2D eigenvalue weighted by Gasteiger charge is 2.45. The van der Waals surface area contributed by atoms with Gasteiger partial charge in [0.2, 0.25) is 0 Å². The summed E-state index contributed by atoms with van der Waals surface area (Å²) in [6, 6.07) is 0. The van der Waals surface area contributed by atoms with Gasteiger partial charge in [0.05, 0.1) is 0 Å². The lowest BCUT2D eigenvalue weighted by Gasteiger charge is -2.17. The van der Waals surface area contributed by atoms with Crippen LogP contribution in [0.2, 0.25) is 0 Å². The molecule has 0 aromatic heterocycles. The number of ether oxygens (including phenoxy) is 1. The van der Waals surface area contributed by atoms with E-state index in [1.165, 1.54) is 0 Å². The molecule has 1 heterocycles. The van der Waals surface area contributed by atoms with Gasteiger partial charge < -0.3 is 4.74 Å². The molecule has 1 fully saturated rings. The number of carbonyl (C=O) groups excluding carboxylic acids is 2. The Morgan fingerprint density at radius 1 is 1.41 bits per heavy atom. The zero-order valence-electron chi connectivity index (χ0n) is 9.79. The summed E-state index contributed by atoms with van der Waals surface area (Å²) in [5.41, 5.74) is 3.33. The Morgan fingerprint density at radius 3 is 2.94 bits per heavy atom. The number of hydrogen-bond donors (Lipinski definition) is 0. The lowest BCUT2D eigenvalue weighted by Crippen LogP contribution is -2.19. The molecule has 1 saturated heterocycles. The summed E-state index contributed by atoms with van der Waals surface area (Å²) >= 11 is 0. The molecule has 0 amide bonds. The molecule has 0 aromatic rings. The second-order valence-electron chi connectivity index (χ2n) is 4.90. The summed E-state index contributed by atoms with van der Waals surface area (Å²) in [6.07, 6.45) is 4.08. The first kappa shape index (κ1) is 10.5. The molecule has 0 unspecified atom stereocenters. The molecule has 0 N–H and O–H groups in total. The standard InChI is InChI=1S/C14H14O3/c1-7-10-5-3-4-9-6-11(15)8(2)12(9)13(10)17-14(7)16/h4,10,13H,1,3,5-6H2,2H3/t10-,13-/m1/s1. The Morgan fingerprint density at radius 2 is 2.18 bits per heavy atom. The van der Waals surface area contributed by atoms with Crippen molar-refractivity contribution >= 4 is 11.8 Å². The maximum atomic E-state index is 11.7. The van der Waals surface area contributed by atoms with Gasteiger partial charge in [0.1, 0.15) is 6.10 Å². The van der Waals surface area contributed by atoms with E-state index in [1.54, 1.807) is 0 Å². The highest BCUT2D eigenvalue weighted by molar-refractivity contribution is 6.03. The van der Waals surface area contributed by atoms with Crippen molar-refractivity contribution in [2.45, 2.75) is 32.3 Å². The number of hydrogen-bond acceptors (Lipinski definition) is 3. The summed E-state index contributed by atoms with van der Waals surface area (Å²) in [5, 5.41) is 0. The first-order chi connectivity index (χ1) is 8.09. The number of Topliss-reactive ketones (excluding diaryl/α,β-unsaturated/α-hetero) is 1. The fraction of sp³-hybridized carbons (Fsp3) is 0.429. The van der Waals surface area contributed by atoms with Crippen LogP contribution in [0.5, 0.6) is 0 Å². The first-order valence-electron chi connectivity index (χ1n) is 5.92. The molecular formula is C14H14O3. The van der Waals surface area contributed by atoms with Crippen LogP contribution in [0.15, 0.2) is 34.9 Å². The summed E-state index contributed by atoms with van der Waals surface area (Å²) in [4.78, 5) is 23.3. The molecule has 1 aliphatic heterocycles. The minimum Gasteiger partial charge on any atom is -0.453 e. The van der Waals surface area contributed by atoms with E-state index in [9.17, 15) is 9.59 Å². The topological polar surface area (TPSA) is 43.4 Å². The van der Waals surface area contributed by atoms with Gasteiger partial charge in [-0.1, -0.05) is 12.7 Å². The van der Waals surface area contributed by atoms with Crippen molar-refractivity contribution in [2.24, 2.45) is 5.92 Å². The quantitative estimate of drug-likeness (QED) is 0.473. The molecule has 88 valence electrons. The van der Waals surface area contributed by atoms with Crippen LogP contribution in [0.3, 0.4) is 0 Å². The number of esters is 1. The molecule has 2 aliphatic carbocycles. The van der Waals surface area contributed by atoms with Crippen molar-refractivity contribution in [3.8, 4) is 0 Å². The average Bonchev–Trinajstić information content (AvgIpc) is 2.65. The van der Waals surface area contributed by atoms with E-state index < -0.39 is 0 Å². The van der Waals surface area contributed by atoms with Gasteiger partial charge in [-0.15, -0.1) is 0 Å². The van der Waals surface area contributed by atoms with Gasteiger partial charge >= 0.3 is 5.97 Å². The third-order valence-corrected chi connectivity index (χ3v) is 3.98. The van der Waals surface area contributed by atoms with Crippen LogP contribution in [0.4, 0.5) is 0 Å². The number of fused-ring (bicyclic) bond motifs is 3. The monoisotopic (exact) mass is 230 g/mol. The minimum atomic E-state index is -0.305. The van der Waals surface area contributed by atoms with Gasteiger partial charge in [-0.05, 0) is 30.9 Å². The zero-order valence-corrected chi connectivity index (χ0v) is 9.79. The minimum absolute atomic E-state index is 0.0482. The van der Waals surface area contributed by atoms with Crippen molar-refractivity contribution in [2.75, 3.05) is 0 Å². The van der Waals surface area contributed by atoms with E-state index in [0.717, 1.165) is 29.6 Å². The molecule has 17 heavy (non-hydrogen) atoms.